The Labute approximate surface area is 110 Å². The molecule has 0 spiro atoms. The molecular formula is C12H13NO3S2. The van der Waals surface area contributed by atoms with Crippen molar-refractivity contribution >= 4 is 27.0 Å². The first-order chi connectivity index (χ1) is 8.53. The zero-order valence-corrected chi connectivity index (χ0v) is 11.4. The summed E-state index contributed by atoms with van der Waals surface area (Å²) in [6.45, 7) is 1.68. The number of sulfonamides is 1. The highest BCUT2D eigenvalue weighted by Crippen LogP contribution is 2.24. The predicted molar refractivity (Wildman–Crippen MR) is 72.2 cm³/mol. The van der Waals surface area contributed by atoms with Crippen molar-refractivity contribution in [3.05, 3.63) is 46.8 Å². The summed E-state index contributed by atoms with van der Waals surface area (Å²) < 4.78 is 26.9. The second kappa shape index (κ2) is 5.09. The Balaban J connectivity index is 2.30. The maximum Gasteiger partial charge on any atom is 0.271 e. The standard InChI is InChI=1S/C12H13NO3S2/c1-9-4-2-3-5-11(9)13-18(15,16)12-6-10(7-14)8-17-12/h2-6,8,13-14H,7H2,1H3. The molecule has 0 aliphatic carbocycles. The van der Waals surface area contributed by atoms with Gasteiger partial charge < -0.3 is 5.11 Å². The van der Waals surface area contributed by atoms with Crippen molar-refractivity contribution in [3.63, 3.8) is 0 Å². The maximum atomic E-state index is 12.1. The van der Waals surface area contributed by atoms with Crippen LogP contribution in [0.5, 0.6) is 0 Å². The molecule has 0 fully saturated rings. The van der Waals surface area contributed by atoms with E-state index in [-0.39, 0.29) is 10.8 Å². The molecule has 1 aromatic heterocycles. The van der Waals surface area contributed by atoms with Gasteiger partial charge in [0.25, 0.3) is 10.0 Å². The minimum atomic E-state index is -3.57. The highest BCUT2D eigenvalue weighted by Gasteiger charge is 2.17. The molecule has 96 valence electrons. The number of aryl methyl sites for hydroxylation is 1. The van der Waals surface area contributed by atoms with Gasteiger partial charge in [-0.1, -0.05) is 18.2 Å². The number of para-hydroxylation sites is 1. The molecule has 6 heteroatoms. The molecule has 2 rings (SSSR count). The summed E-state index contributed by atoms with van der Waals surface area (Å²) in [6, 6.07) is 8.66. The van der Waals surface area contributed by atoms with Crippen molar-refractivity contribution < 1.29 is 13.5 Å². The van der Waals surface area contributed by atoms with Gasteiger partial charge in [0.2, 0.25) is 0 Å². The van der Waals surface area contributed by atoms with Crippen LogP contribution in [0.25, 0.3) is 0 Å². The lowest BCUT2D eigenvalue weighted by molar-refractivity contribution is 0.282. The van der Waals surface area contributed by atoms with Gasteiger partial charge in [0, 0.05) is 0 Å². The lowest BCUT2D eigenvalue weighted by Crippen LogP contribution is -2.12. The quantitative estimate of drug-likeness (QED) is 0.905. The van der Waals surface area contributed by atoms with Crippen LogP contribution in [0, 0.1) is 6.92 Å². The largest absolute Gasteiger partial charge is 0.392 e. The highest BCUT2D eigenvalue weighted by atomic mass is 32.2. The smallest absolute Gasteiger partial charge is 0.271 e. The molecule has 0 unspecified atom stereocenters. The van der Waals surface area contributed by atoms with Crippen LogP contribution < -0.4 is 4.72 Å². The van der Waals surface area contributed by atoms with Gasteiger partial charge in [0.15, 0.2) is 0 Å². The lowest BCUT2D eigenvalue weighted by Gasteiger charge is -2.08. The Hall–Kier alpha value is -1.37. The predicted octanol–water partition coefficient (Wildman–Crippen LogP) is 2.35. The van der Waals surface area contributed by atoms with Crippen molar-refractivity contribution in [1.82, 2.24) is 0 Å². The Bertz CT molecular complexity index is 647. The molecule has 0 saturated heterocycles. The molecule has 18 heavy (non-hydrogen) atoms. The molecule has 0 amide bonds. The number of aliphatic hydroxyl groups is 1. The van der Waals surface area contributed by atoms with E-state index in [9.17, 15) is 8.42 Å². The van der Waals surface area contributed by atoms with Crippen molar-refractivity contribution in [1.29, 1.82) is 0 Å². The summed E-state index contributed by atoms with van der Waals surface area (Å²) in [6.07, 6.45) is 0. The SMILES string of the molecule is Cc1ccccc1NS(=O)(=O)c1cc(CO)cs1. The fourth-order valence-corrected chi connectivity index (χ4v) is 3.79. The molecule has 1 heterocycles. The van der Waals surface area contributed by atoms with Gasteiger partial charge in [-0.3, -0.25) is 4.72 Å². The average Bonchev–Trinajstić information content (AvgIpc) is 2.81. The summed E-state index contributed by atoms with van der Waals surface area (Å²) in [7, 11) is -3.57. The summed E-state index contributed by atoms with van der Waals surface area (Å²) in [5.41, 5.74) is 2.03. The normalized spacial score (nSPS) is 11.4. The minimum absolute atomic E-state index is 0.156. The first kappa shape index (κ1) is 13.1. The van der Waals surface area contributed by atoms with E-state index in [0.717, 1.165) is 16.9 Å². The molecule has 2 aromatic rings. The molecule has 4 nitrogen and oxygen atoms in total. The van der Waals surface area contributed by atoms with E-state index in [1.165, 1.54) is 6.07 Å². The van der Waals surface area contributed by atoms with Crippen LogP contribution in [0.2, 0.25) is 0 Å². The van der Waals surface area contributed by atoms with Gasteiger partial charge in [-0.25, -0.2) is 8.42 Å². The van der Waals surface area contributed by atoms with E-state index < -0.39 is 10.0 Å². The van der Waals surface area contributed by atoms with Gasteiger partial charge in [0.1, 0.15) is 4.21 Å². The van der Waals surface area contributed by atoms with Gasteiger partial charge in [0.05, 0.1) is 12.3 Å². The van der Waals surface area contributed by atoms with Crippen LogP contribution in [-0.2, 0) is 16.6 Å². The van der Waals surface area contributed by atoms with Crippen molar-refractivity contribution in [2.24, 2.45) is 0 Å². The van der Waals surface area contributed by atoms with E-state index in [4.69, 9.17) is 5.11 Å². The topological polar surface area (TPSA) is 66.4 Å². The third kappa shape index (κ3) is 2.72. The molecule has 0 bridgehead atoms. The zero-order chi connectivity index (χ0) is 13.2. The van der Waals surface area contributed by atoms with Crippen molar-refractivity contribution in [2.75, 3.05) is 4.72 Å². The van der Waals surface area contributed by atoms with Crippen LogP contribution in [0.3, 0.4) is 0 Å². The summed E-state index contributed by atoms with van der Waals surface area (Å²) >= 11 is 1.10. The molecule has 0 atom stereocenters. The van der Waals surface area contributed by atoms with Crippen LogP contribution in [0.15, 0.2) is 39.9 Å². The van der Waals surface area contributed by atoms with Crippen LogP contribution in [-0.4, -0.2) is 13.5 Å². The molecule has 0 aliphatic rings. The van der Waals surface area contributed by atoms with Crippen molar-refractivity contribution in [2.45, 2.75) is 17.7 Å². The fourth-order valence-electron chi connectivity index (χ4n) is 1.46. The monoisotopic (exact) mass is 283 g/mol. The number of rotatable bonds is 4. The number of hydrogen-bond donors (Lipinski definition) is 2. The molecule has 1 aromatic carbocycles. The summed E-state index contributed by atoms with van der Waals surface area (Å²) in [5.74, 6) is 0. The Morgan fingerprint density at radius 1 is 1.33 bits per heavy atom. The van der Waals surface area contributed by atoms with Crippen LogP contribution >= 0.6 is 11.3 Å². The number of thiophene rings is 1. The summed E-state index contributed by atoms with van der Waals surface area (Å²) in [4.78, 5) is 0. The fraction of sp³-hybridized carbons (Fsp3) is 0.167. The van der Waals surface area contributed by atoms with Crippen LogP contribution in [0.1, 0.15) is 11.1 Å². The Kier molecular flexibility index (Phi) is 3.70. The average molecular weight is 283 g/mol. The molecular weight excluding hydrogens is 270 g/mol. The first-order valence-electron chi connectivity index (χ1n) is 5.29. The third-order valence-electron chi connectivity index (χ3n) is 2.47. The Morgan fingerprint density at radius 3 is 2.67 bits per heavy atom. The highest BCUT2D eigenvalue weighted by molar-refractivity contribution is 7.94. The van der Waals surface area contributed by atoms with E-state index in [1.807, 2.05) is 19.1 Å². The third-order valence-corrected chi connectivity index (χ3v) is 5.32. The second-order valence-corrected chi connectivity index (χ2v) is 6.67. The number of benzene rings is 1. The van der Waals surface area contributed by atoms with E-state index >= 15 is 0 Å². The Morgan fingerprint density at radius 2 is 2.06 bits per heavy atom. The maximum absolute atomic E-state index is 12.1. The van der Waals surface area contributed by atoms with Gasteiger partial charge >= 0.3 is 0 Å². The molecule has 0 radical (unpaired) electrons. The van der Waals surface area contributed by atoms with Gasteiger partial charge in [-0.15, -0.1) is 11.3 Å². The summed E-state index contributed by atoms with van der Waals surface area (Å²) in [5, 5.41) is 10.6. The number of anilines is 1. The number of aliphatic hydroxyl groups excluding tert-OH is 1. The van der Waals surface area contributed by atoms with E-state index in [2.05, 4.69) is 4.72 Å². The molecule has 2 N–H and O–H groups in total. The zero-order valence-electron chi connectivity index (χ0n) is 9.75. The lowest BCUT2D eigenvalue weighted by atomic mass is 10.2. The number of hydrogen-bond acceptors (Lipinski definition) is 4. The van der Waals surface area contributed by atoms with E-state index in [0.29, 0.717) is 11.3 Å². The second-order valence-electron chi connectivity index (χ2n) is 3.85. The number of nitrogens with one attached hydrogen (secondary N) is 1. The van der Waals surface area contributed by atoms with Gasteiger partial charge in [-0.2, -0.15) is 0 Å². The molecule has 0 saturated carbocycles. The van der Waals surface area contributed by atoms with Crippen LogP contribution in [0.4, 0.5) is 5.69 Å². The first-order valence-corrected chi connectivity index (χ1v) is 7.66. The van der Waals surface area contributed by atoms with Gasteiger partial charge in [-0.05, 0) is 35.6 Å². The van der Waals surface area contributed by atoms with Crippen molar-refractivity contribution in [3.8, 4) is 0 Å². The minimum Gasteiger partial charge on any atom is -0.392 e. The molecule has 0 aliphatic heterocycles. The van der Waals surface area contributed by atoms with E-state index in [1.54, 1.807) is 17.5 Å².